The van der Waals surface area contributed by atoms with Gasteiger partial charge in [0, 0.05) is 40.3 Å². The summed E-state index contributed by atoms with van der Waals surface area (Å²) in [6.45, 7) is 2.72. The number of nitrogens with one attached hydrogen (secondary N) is 2. The van der Waals surface area contributed by atoms with Crippen molar-refractivity contribution < 1.29 is 14.3 Å². The Morgan fingerprint density at radius 3 is 2.62 bits per heavy atom. The van der Waals surface area contributed by atoms with Gasteiger partial charge in [-0.25, -0.2) is 0 Å². The molecule has 34 heavy (non-hydrogen) atoms. The van der Waals surface area contributed by atoms with Gasteiger partial charge in [0.25, 0.3) is 0 Å². The predicted molar refractivity (Wildman–Crippen MR) is 135 cm³/mol. The predicted octanol–water partition coefficient (Wildman–Crippen LogP) is 5.63. The van der Waals surface area contributed by atoms with E-state index in [0.717, 1.165) is 17.7 Å². The van der Waals surface area contributed by atoms with Gasteiger partial charge in [-0.15, -0.1) is 0 Å². The van der Waals surface area contributed by atoms with Crippen LogP contribution in [0.3, 0.4) is 0 Å². The molecule has 2 amide bonds. The fourth-order valence-electron chi connectivity index (χ4n) is 3.74. The number of benzene rings is 3. The minimum Gasteiger partial charge on any atom is -0.489 e. The lowest BCUT2D eigenvalue weighted by atomic mass is 10.1. The summed E-state index contributed by atoms with van der Waals surface area (Å²) in [5, 5.41) is 1.10. The first-order chi connectivity index (χ1) is 16.4. The summed E-state index contributed by atoms with van der Waals surface area (Å²) in [5.41, 5.74) is 9.11. The molecular weight excluding hydrogens is 473 g/mol. The molecule has 4 rings (SSSR count). The Kier molecular flexibility index (Phi) is 7.60. The zero-order valence-electron chi connectivity index (χ0n) is 18.7. The standard InChI is InChI=1S/C26H25Cl2N3O3/c1-2-17-6-10-22(11-7-17)31-15-19(12-25(31)32)26(33)30-29-21-4-3-5-23(14-21)34-16-18-8-9-20(27)13-24(18)28/h3-11,13-14,19,29H,2,12,15-16H2,1H3,(H,30,33)/t19-/m1/s1. The summed E-state index contributed by atoms with van der Waals surface area (Å²) in [7, 11) is 0. The second kappa shape index (κ2) is 10.8. The van der Waals surface area contributed by atoms with Crippen LogP contribution < -0.4 is 20.5 Å². The van der Waals surface area contributed by atoms with E-state index in [-0.39, 0.29) is 24.8 Å². The van der Waals surface area contributed by atoms with Gasteiger partial charge in [-0.3, -0.25) is 20.4 Å². The number of hydrazine groups is 1. The van der Waals surface area contributed by atoms with Crippen LogP contribution in [0.5, 0.6) is 5.75 Å². The average Bonchev–Trinajstić information content (AvgIpc) is 3.24. The Bertz CT molecular complexity index is 1180. The van der Waals surface area contributed by atoms with Gasteiger partial charge < -0.3 is 9.64 Å². The van der Waals surface area contributed by atoms with E-state index < -0.39 is 5.92 Å². The van der Waals surface area contributed by atoms with Crippen LogP contribution in [0.25, 0.3) is 0 Å². The van der Waals surface area contributed by atoms with Gasteiger partial charge in [0.2, 0.25) is 11.8 Å². The molecule has 3 aromatic carbocycles. The minimum atomic E-state index is -0.433. The third-order valence-corrected chi connectivity index (χ3v) is 6.31. The van der Waals surface area contributed by atoms with Crippen molar-refractivity contribution in [3.8, 4) is 5.75 Å². The van der Waals surface area contributed by atoms with Crippen molar-refractivity contribution in [3.63, 3.8) is 0 Å². The van der Waals surface area contributed by atoms with Crippen LogP contribution in [-0.4, -0.2) is 18.4 Å². The highest BCUT2D eigenvalue weighted by Gasteiger charge is 2.35. The summed E-state index contributed by atoms with van der Waals surface area (Å²) < 4.78 is 5.82. The number of rotatable bonds is 8. The Morgan fingerprint density at radius 2 is 1.88 bits per heavy atom. The maximum atomic E-state index is 12.7. The molecule has 0 unspecified atom stereocenters. The van der Waals surface area contributed by atoms with Gasteiger partial charge in [0.05, 0.1) is 11.6 Å². The fraction of sp³-hybridized carbons (Fsp3) is 0.231. The summed E-state index contributed by atoms with van der Waals surface area (Å²) >= 11 is 12.1. The van der Waals surface area contributed by atoms with Gasteiger partial charge in [0.15, 0.2) is 0 Å². The first-order valence-corrected chi connectivity index (χ1v) is 11.8. The molecule has 3 aromatic rings. The molecule has 0 aliphatic carbocycles. The Labute approximate surface area is 208 Å². The van der Waals surface area contributed by atoms with Gasteiger partial charge in [-0.1, -0.05) is 54.4 Å². The van der Waals surface area contributed by atoms with Crippen LogP contribution in [0.15, 0.2) is 66.7 Å². The monoisotopic (exact) mass is 497 g/mol. The molecule has 1 atom stereocenters. The molecule has 6 nitrogen and oxygen atoms in total. The van der Waals surface area contributed by atoms with Crippen LogP contribution in [0.4, 0.5) is 11.4 Å². The molecule has 0 saturated carbocycles. The molecule has 1 aliphatic heterocycles. The third kappa shape index (κ3) is 5.82. The van der Waals surface area contributed by atoms with E-state index in [9.17, 15) is 9.59 Å². The molecule has 1 heterocycles. The summed E-state index contributed by atoms with van der Waals surface area (Å²) in [5.74, 6) is -0.110. The molecule has 2 N–H and O–H groups in total. The SMILES string of the molecule is CCc1ccc(N2C[C@H](C(=O)NNc3cccc(OCc4ccc(Cl)cc4Cl)c3)CC2=O)cc1. The molecule has 1 aliphatic rings. The van der Waals surface area contributed by atoms with E-state index in [4.69, 9.17) is 27.9 Å². The van der Waals surface area contributed by atoms with Crippen molar-refractivity contribution in [2.24, 2.45) is 5.92 Å². The number of anilines is 2. The zero-order valence-corrected chi connectivity index (χ0v) is 20.2. The smallest absolute Gasteiger partial charge is 0.243 e. The maximum absolute atomic E-state index is 12.7. The highest BCUT2D eigenvalue weighted by atomic mass is 35.5. The van der Waals surface area contributed by atoms with Crippen molar-refractivity contribution in [1.29, 1.82) is 0 Å². The number of hydrogen-bond donors (Lipinski definition) is 2. The number of halogens is 2. The van der Waals surface area contributed by atoms with Crippen LogP contribution in [0, 0.1) is 5.92 Å². The van der Waals surface area contributed by atoms with Crippen molar-refractivity contribution in [2.45, 2.75) is 26.4 Å². The van der Waals surface area contributed by atoms with Gasteiger partial charge in [-0.2, -0.15) is 0 Å². The van der Waals surface area contributed by atoms with Crippen molar-refractivity contribution >= 4 is 46.4 Å². The lowest BCUT2D eigenvalue weighted by Crippen LogP contribution is -2.36. The fourth-order valence-corrected chi connectivity index (χ4v) is 4.21. The molecule has 0 radical (unpaired) electrons. The Balaban J connectivity index is 1.31. The normalized spacial score (nSPS) is 15.3. The van der Waals surface area contributed by atoms with E-state index in [2.05, 4.69) is 17.8 Å². The highest BCUT2D eigenvalue weighted by molar-refractivity contribution is 6.35. The number of carbonyl (C=O) groups is 2. The van der Waals surface area contributed by atoms with Crippen molar-refractivity contribution in [1.82, 2.24) is 5.43 Å². The topological polar surface area (TPSA) is 70.7 Å². The Morgan fingerprint density at radius 1 is 1.09 bits per heavy atom. The number of amides is 2. The number of hydrogen-bond acceptors (Lipinski definition) is 4. The molecule has 0 aromatic heterocycles. The molecule has 0 bridgehead atoms. The minimum absolute atomic E-state index is 0.0549. The molecular formula is C26H25Cl2N3O3. The third-order valence-electron chi connectivity index (χ3n) is 5.73. The second-order valence-corrected chi connectivity index (χ2v) is 8.94. The first-order valence-electron chi connectivity index (χ1n) is 11.0. The molecule has 8 heteroatoms. The van der Waals surface area contributed by atoms with Crippen LogP contribution in [-0.2, 0) is 22.6 Å². The van der Waals surface area contributed by atoms with E-state index in [0.29, 0.717) is 28.0 Å². The summed E-state index contributed by atoms with van der Waals surface area (Å²) in [6, 6.07) is 20.3. The lowest BCUT2D eigenvalue weighted by molar-refractivity contribution is -0.125. The number of carbonyl (C=O) groups excluding carboxylic acids is 2. The maximum Gasteiger partial charge on any atom is 0.243 e. The van der Waals surface area contributed by atoms with Crippen LogP contribution in [0.1, 0.15) is 24.5 Å². The molecule has 1 fully saturated rings. The molecule has 176 valence electrons. The van der Waals surface area contributed by atoms with E-state index >= 15 is 0 Å². The van der Waals surface area contributed by atoms with Gasteiger partial charge in [0.1, 0.15) is 12.4 Å². The summed E-state index contributed by atoms with van der Waals surface area (Å²) in [6.07, 6.45) is 1.11. The van der Waals surface area contributed by atoms with E-state index in [1.807, 2.05) is 48.5 Å². The van der Waals surface area contributed by atoms with Crippen molar-refractivity contribution in [3.05, 3.63) is 87.9 Å². The van der Waals surface area contributed by atoms with Crippen LogP contribution in [0.2, 0.25) is 10.0 Å². The van der Waals surface area contributed by atoms with Gasteiger partial charge >= 0.3 is 0 Å². The van der Waals surface area contributed by atoms with Crippen LogP contribution >= 0.6 is 23.2 Å². The molecule has 1 saturated heterocycles. The number of aryl methyl sites for hydroxylation is 1. The van der Waals surface area contributed by atoms with E-state index in [1.165, 1.54) is 5.56 Å². The van der Waals surface area contributed by atoms with Crippen molar-refractivity contribution in [2.75, 3.05) is 16.9 Å². The largest absolute Gasteiger partial charge is 0.489 e. The zero-order chi connectivity index (χ0) is 24.1. The van der Waals surface area contributed by atoms with E-state index in [1.54, 1.807) is 23.1 Å². The molecule has 0 spiro atoms. The average molecular weight is 498 g/mol. The Hall–Kier alpha value is -3.22. The summed E-state index contributed by atoms with van der Waals surface area (Å²) in [4.78, 5) is 26.8. The first kappa shape index (κ1) is 23.9. The quantitative estimate of drug-likeness (QED) is 0.395. The highest BCUT2D eigenvalue weighted by Crippen LogP contribution is 2.26. The van der Waals surface area contributed by atoms with Gasteiger partial charge in [-0.05, 0) is 48.4 Å². The lowest BCUT2D eigenvalue weighted by Gasteiger charge is -2.17. The second-order valence-electron chi connectivity index (χ2n) is 8.09. The number of nitrogens with zero attached hydrogens (tertiary/aromatic N) is 1. The number of ether oxygens (including phenoxy) is 1.